The third kappa shape index (κ3) is 3.22. The van der Waals surface area contributed by atoms with Crippen molar-refractivity contribution in [1.82, 2.24) is 9.55 Å². The van der Waals surface area contributed by atoms with Crippen molar-refractivity contribution >= 4 is 17.4 Å². The van der Waals surface area contributed by atoms with E-state index in [0.29, 0.717) is 13.0 Å². The van der Waals surface area contributed by atoms with Gasteiger partial charge in [-0.25, -0.2) is 9.18 Å². The summed E-state index contributed by atoms with van der Waals surface area (Å²) in [4.78, 5) is 39.6. The van der Waals surface area contributed by atoms with E-state index in [1.54, 1.807) is 0 Å². The fourth-order valence-corrected chi connectivity index (χ4v) is 2.36. The highest BCUT2D eigenvalue weighted by molar-refractivity contribution is 6.07. The van der Waals surface area contributed by atoms with Crippen molar-refractivity contribution in [1.29, 1.82) is 0 Å². The number of nitrogens with two attached hydrogens (primary N) is 1. The van der Waals surface area contributed by atoms with E-state index < -0.39 is 23.0 Å². The zero-order valence-electron chi connectivity index (χ0n) is 13.5. The second-order valence-corrected chi connectivity index (χ2v) is 5.34. The molecule has 128 valence electrons. The number of rotatable bonds is 5. The maximum atomic E-state index is 13.8. The molecule has 2 aromatic rings. The van der Waals surface area contributed by atoms with Crippen LogP contribution in [0.25, 0.3) is 0 Å². The van der Waals surface area contributed by atoms with Gasteiger partial charge in [-0.15, -0.1) is 0 Å². The van der Waals surface area contributed by atoms with Gasteiger partial charge in [0.05, 0.1) is 5.56 Å². The lowest BCUT2D eigenvalue weighted by Gasteiger charge is -2.20. The molecule has 0 spiro atoms. The highest BCUT2D eigenvalue weighted by Gasteiger charge is 2.23. The Kier molecular flexibility index (Phi) is 5.18. The molecule has 1 heterocycles. The Morgan fingerprint density at radius 3 is 2.62 bits per heavy atom. The Morgan fingerprint density at radius 2 is 2.00 bits per heavy atom. The number of aromatic nitrogens is 2. The lowest BCUT2D eigenvalue weighted by atomic mass is 10.2. The van der Waals surface area contributed by atoms with E-state index in [4.69, 9.17) is 5.73 Å². The molecule has 24 heavy (non-hydrogen) atoms. The molecule has 2 rings (SSSR count). The van der Waals surface area contributed by atoms with Crippen LogP contribution in [0.15, 0.2) is 33.9 Å². The molecule has 0 aliphatic heterocycles. The summed E-state index contributed by atoms with van der Waals surface area (Å²) in [6, 6.07) is 5.43. The Bertz CT molecular complexity index is 872. The van der Waals surface area contributed by atoms with E-state index in [-0.39, 0.29) is 17.1 Å². The monoisotopic (exact) mass is 334 g/mol. The standard InChI is InChI=1S/C16H19FN4O3/c1-3-4-9-21-13(18)12(14(22)19-16(21)24)20(2)15(23)10-7-5-6-8-11(10)17/h5-8H,3-4,9,18H2,1-2H3,(H,19,22,24). The first-order chi connectivity index (χ1) is 11.4. The average Bonchev–Trinajstić information content (AvgIpc) is 2.54. The molecule has 0 saturated heterocycles. The summed E-state index contributed by atoms with van der Waals surface area (Å²) in [5.74, 6) is -1.56. The first kappa shape index (κ1) is 17.5. The molecule has 1 aromatic carbocycles. The molecule has 1 aromatic heterocycles. The normalized spacial score (nSPS) is 10.6. The van der Waals surface area contributed by atoms with Gasteiger partial charge in [-0.1, -0.05) is 25.5 Å². The van der Waals surface area contributed by atoms with Crippen LogP contribution in [-0.2, 0) is 6.54 Å². The summed E-state index contributed by atoms with van der Waals surface area (Å²) in [5.41, 5.74) is 4.13. The summed E-state index contributed by atoms with van der Waals surface area (Å²) in [6.45, 7) is 2.26. The summed E-state index contributed by atoms with van der Waals surface area (Å²) >= 11 is 0. The molecule has 0 saturated carbocycles. The first-order valence-electron chi connectivity index (χ1n) is 7.53. The van der Waals surface area contributed by atoms with Crippen LogP contribution in [-0.4, -0.2) is 22.5 Å². The maximum absolute atomic E-state index is 13.8. The minimum absolute atomic E-state index is 0.121. The molecule has 3 N–H and O–H groups in total. The van der Waals surface area contributed by atoms with Gasteiger partial charge < -0.3 is 10.6 Å². The minimum atomic E-state index is -0.794. The van der Waals surface area contributed by atoms with Crippen LogP contribution in [0.2, 0.25) is 0 Å². The Hall–Kier alpha value is -2.90. The zero-order chi connectivity index (χ0) is 17.9. The number of unbranched alkanes of at least 4 members (excludes halogenated alkanes) is 1. The number of aromatic amines is 1. The Balaban J connectivity index is 2.51. The Morgan fingerprint density at radius 1 is 1.33 bits per heavy atom. The van der Waals surface area contributed by atoms with Gasteiger partial charge in [0.25, 0.3) is 11.5 Å². The number of carbonyl (C=O) groups is 1. The second-order valence-electron chi connectivity index (χ2n) is 5.34. The van der Waals surface area contributed by atoms with Crippen LogP contribution in [0.4, 0.5) is 15.9 Å². The van der Waals surface area contributed by atoms with Gasteiger partial charge in [0, 0.05) is 13.6 Å². The number of halogens is 1. The van der Waals surface area contributed by atoms with Gasteiger partial charge in [-0.05, 0) is 18.6 Å². The van der Waals surface area contributed by atoms with Crippen LogP contribution < -0.4 is 21.9 Å². The van der Waals surface area contributed by atoms with Gasteiger partial charge in [0.2, 0.25) is 0 Å². The van der Waals surface area contributed by atoms with Crippen molar-refractivity contribution < 1.29 is 9.18 Å². The second kappa shape index (κ2) is 7.12. The molecule has 0 bridgehead atoms. The number of nitrogens with one attached hydrogen (secondary N) is 1. The predicted molar refractivity (Wildman–Crippen MR) is 89.8 cm³/mol. The highest BCUT2D eigenvalue weighted by Crippen LogP contribution is 2.19. The number of H-pyrrole nitrogens is 1. The average molecular weight is 334 g/mol. The number of anilines is 2. The fraction of sp³-hybridized carbons (Fsp3) is 0.312. The SMILES string of the molecule is CCCCn1c(N)c(N(C)C(=O)c2ccccc2F)c(=O)[nH]c1=O. The van der Waals surface area contributed by atoms with E-state index in [2.05, 4.69) is 4.98 Å². The van der Waals surface area contributed by atoms with Crippen molar-refractivity contribution in [2.45, 2.75) is 26.3 Å². The quantitative estimate of drug-likeness (QED) is 0.861. The number of hydrogen-bond acceptors (Lipinski definition) is 4. The summed E-state index contributed by atoms with van der Waals surface area (Å²) in [5, 5.41) is 0. The predicted octanol–water partition coefficient (Wildman–Crippen LogP) is 1.33. The van der Waals surface area contributed by atoms with Crippen LogP contribution in [0.1, 0.15) is 30.1 Å². The lowest BCUT2D eigenvalue weighted by molar-refractivity contribution is 0.0989. The molecule has 8 heteroatoms. The van der Waals surface area contributed by atoms with E-state index in [1.807, 2.05) is 6.92 Å². The summed E-state index contributed by atoms with van der Waals surface area (Å²) in [7, 11) is 1.31. The van der Waals surface area contributed by atoms with E-state index in [0.717, 1.165) is 17.4 Å². The fourth-order valence-electron chi connectivity index (χ4n) is 2.36. The van der Waals surface area contributed by atoms with Gasteiger partial charge in [0.15, 0.2) is 5.69 Å². The van der Waals surface area contributed by atoms with Crippen molar-refractivity contribution in [3.8, 4) is 0 Å². The van der Waals surface area contributed by atoms with Crippen molar-refractivity contribution in [2.24, 2.45) is 0 Å². The third-order valence-corrected chi connectivity index (χ3v) is 3.69. The van der Waals surface area contributed by atoms with Gasteiger partial charge in [-0.3, -0.25) is 19.1 Å². The molecule has 0 aliphatic carbocycles. The number of nitrogen functional groups attached to an aromatic ring is 1. The highest BCUT2D eigenvalue weighted by atomic mass is 19.1. The first-order valence-corrected chi connectivity index (χ1v) is 7.53. The molecule has 0 atom stereocenters. The molecule has 0 unspecified atom stereocenters. The number of amides is 1. The zero-order valence-corrected chi connectivity index (χ0v) is 13.5. The molecule has 0 fully saturated rings. The van der Waals surface area contributed by atoms with Crippen LogP contribution in [0, 0.1) is 5.82 Å². The van der Waals surface area contributed by atoms with Crippen molar-refractivity contribution in [3.63, 3.8) is 0 Å². The molecular formula is C16H19FN4O3. The number of carbonyl (C=O) groups excluding carboxylic acids is 1. The van der Waals surface area contributed by atoms with E-state index in [9.17, 15) is 18.8 Å². The van der Waals surface area contributed by atoms with Crippen LogP contribution in [0.5, 0.6) is 0 Å². The molecule has 0 aliphatic rings. The summed E-state index contributed by atoms with van der Waals surface area (Å²) in [6.07, 6.45) is 1.50. The Labute approximate surface area is 137 Å². The smallest absolute Gasteiger partial charge is 0.330 e. The molecule has 0 radical (unpaired) electrons. The van der Waals surface area contributed by atoms with Gasteiger partial charge >= 0.3 is 5.69 Å². The number of benzene rings is 1. The van der Waals surface area contributed by atoms with Gasteiger partial charge in [0.1, 0.15) is 11.6 Å². The summed E-state index contributed by atoms with van der Waals surface area (Å²) < 4.78 is 15.0. The number of nitrogens with zero attached hydrogens (tertiary/aromatic N) is 2. The number of hydrogen-bond donors (Lipinski definition) is 2. The van der Waals surface area contributed by atoms with E-state index in [1.165, 1.54) is 29.8 Å². The molecule has 7 nitrogen and oxygen atoms in total. The van der Waals surface area contributed by atoms with Crippen LogP contribution >= 0.6 is 0 Å². The third-order valence-electron chi connectivity index (χ3n) is 3.69. The van der Waals surface area contributed by atoms with Crippen molar-refractivity contribution in [3.05, 3.63) is 56.5 Å². The topological polar surface area (TPSA) is 101 Å². The van der Waals surface area contributed by atoms with Crippen molar-refractivity contribution in [2.75, 3.05) is 17.7 Å². The minimum Gasteiger partial charge on any atom is -0.383 e. The van der Waals surface area contributed by atoms with E-state index >= 15 is 0 Å². The van der Waals surface area contributed by atoms with Crippen LogP contribution in [0.3, 0.4) is 0 Å². The molecule has 1 amide bonds. The van der Waals surface area contributed by atoms with Gasteiger partial charge in [-0.2, -0.15) is 0 Å². The lowest BCUT2D eigenvalue weighted by Crippen LogP contribution is -2.39. The molecular weight excluding hydrogens is 315 g/mol. The maximum Gasteiger partial charge on any atom is 0.330 e. The largest absolute Gasteiger partial charge is 0.383 e.